The van der Waals surface area contributed by atoms with E-state index in [1.54, 1.807) is 0 Å². The first-order valence-corrected chi connectivity index (χ1v) is 10.1. The molecule has 3 N–H and O–H groups in total. The highest BCUT2D eigenvalue weighted by Crippen LogP contribution is 2.42. The molecule has 2 bridgehead atoms. The van der Waals surface area contributed by atoms with Crippen molar-refractivity contribution in [3.63, 3.8) is 0 Å². The van der Waals surface area contributed by atoms with Crippen LogP contribution in [0, 0.1) is 0 Å². The van der Waals surface area contributed by atoms with Crippen molar-refractivity contribution in [3.05, 3.63) is 71.3 Å². The van der Waals surface area contributed by atoms with Crippen LogP contribution in [0.4, 0.5) is 0 Å². The molecule has 4 rings (SSSR count). The molecule has 1 amide bonds. The molecule has 2 aromatic rings. The summed E-state index contributed by atoms with van der Waals surface area (Å²) in [6, 6.07) is 19.9. The number of primary amides is 1. The fourth-order valence-corrected chi connectivity index (χ4v) is 4.89. The van der Waals surface area contributed by atoms with Crippen molar-refractivity contribution in [1.29, 1.82) is 0 Å². The van der Waals surface area contributed by atoms with Crippen LogP contribution < -0.4 is 11.1 Å². The monoisotopic (exact) mass is 363 g/mol. The summed E-state index contributed by atoms with van der Waals surface area (Å²) < 4.78 is 0. The average Bonchev–Trinajstić information content (AvgIpc) is 2.93. The van der Waals surface area contributed by atoms with Crippen LogP contribution in [0.25, 0.3) is 0 Å². The predicted octanol–water partition coefficient (Wildman–Crippen LogP) is 3.29. The van der Waals surface area contributed by atoms with Gasteiger partial charge < -0.3 is 11.1 Å². The zero-order valence-corrected chi connectivity index (χ0v) is 15.8. The maximum Gasteiger partial charge on any atom is 0.248 e. The first-order valence-electron chi connectivity index (χ1n) is 10.1. The molecule has 4 nitrogen and oxygen atoms in total. The van der Waals surface area contributed by atoms with E-state index in [0.717, 1.165) is 19.6 Å². The third-order valence-electron chi connectivity index (χ3n) is 6.25. The summed E-state index contributed by atoms with van der Waals surface area (Å²) in [5.41, 5.74) is 8.71. The molecular formula is C23H29N3O. The second-order valence-electron chi connectivity index (χ2n) is 7.94. The third-order valence-corrected chi connectivity index (χ3v) is 6.25. The first kappa shape index (κ1) is 18.2. The Bertz CT molecular complexity index is 762. The highest BCUT2D eigenvalue weighted by Gasteiger charge is 2.40. The number of amides is 1. The van der Waals surface area contributed by atoms with E-state index in [9.17, 15) is 4.79 Å². The van der Waals surface area contributed by atoms with E-state index in [4.69, 9.17) is 5.73 Å². The molecule has 0 aromatic heterocycles. The zero-order chi connectivity index (χ0) is 18.6. The van der Waals surface area contributed by atoms with Gasteiger partial charge in [-0.05, 0) is 54.9 Å². The van der Waals surface area contributed by atoms with Crippen LogP contribution in [0.5, 0.6) is 0 Å². The van der Waals surface area contributed by atoms with E-state index in [-0.39, 0.29) is 5.91 Å². The van der Waals surface area contributed by atoms with Gasteiger partial charge >= 0.3 is 0 Å². The van der Waals surface area contributed by atoms with E-state index in [1.807, 2.05) is 18.2 Å². The fraction of sp³-hybridized carbons (Fsp3) is 0.435. The number of nitrogens with two attached hydrogens (primary N) is 1. The van der Waals surface area contributed by atoms with Crippen molar-refractivity contribution < 1.29 is 4.79 Å². The van der Waals surface area contributed by atoms with Crippen molar-refractivity contribution in [2.45, 2.75) is 50.2 Å². The van der Waals surface area contributed by atoms with Gasteiger partial charge in [0.15, 0.2) is 0 Å². The van der Waals surface area contributed by atoms with Crippen LogP contribution in [0.1, 0.15) is 53.1 Å². The third kappa shape index (κ3) is 4.23. The smallest absolute Gasteiger partial charge is 0.248 e. The van der Waals surface area contributed by atoms with Crippen molar-refractivity contribution in [2.24, 2.45) is 5.73 Å². The van der Waals surface area contributed by atoms with Crippen LogP contribution in [0.2, 0.25) is 0 Å². The molecule has 0 aliphatic carbocycles. The molecule has 2 aliphatic rings. The fourth-order valence-electron chi connectivity index (χ4n) is 4.89. The molecule has 0 spiro atoms. The van der Waals surface area contributed by atoms with Gasteiger partial charge in [0.25, 0.3) is 0 Å². The van der Waals surface area contributed by atoms with Gasteiger partial charge in [-0.25, -0.2) is 0 Å². The molecular weight excluding hydrogens is 334 g/mol. The number of benzene rings is 2. The van der Waals surface area contributed by atoms with Gasteiger partial charge in [-0.1, -0.05) is 42.5 Å². The first-order chi connectivity index (χ1) is 13.2. The number of nitrogens with zero attached hydrogens (tertiary/aromatic N) is 1. The molecule has 27 heavy (non-hydrogen) atoms. The minimum Gasteiger partial charge on any atom is -0.366 e. The Balaban J connectivity index is 1.31. The molecule has 0 radical (unpaired) electrons. The molecule has 4 heteroatoms. The van der Waals surface area contributed by atoms with Gasteiger partial charge in [0.2, 0.25) is 5.91 Å². The highest BCUT2D eigenvalue weighted by atomic mass is 16.1. The second-order valence-corrected chi connectivity index (χ2v) is 7.94. The predicted molar refractivity (Wildman–Crippen MR) is 109 cm³/mol. The summed E-state index contributed by atoms with van der Waals surface area (Å²) in [6.45, 7) is 3.09. The van der Waals surface area contributed by atoms with Crippen molar-refractivity contribution in [1.82, 2.24) is 10.2 Å². The lowest BCUT2D eigenvalue weighted by Gasteiger charge is -2.39. The van der Waals surface area contributed by atoms with Gasteiger partial charge in [0.05, 0.1) is 0 Å². The lowest BCUT2D eigenvalue weighted by Crippen LogP contribution is -2.45. The average molecular weight is 364 g/mol. The van der Waals surface area contributed by atoms with Gasteiger partial charge in [-0.3, -0.25) is 9.69 Å². The summed E-state index contributed by atoms with van der Waals surface area (Å²) in [5, 5.41) is 3.59. The second kappa shape index (κ2) is 8.24. The Morgan fingerprint density at radius 3 is 2.48 bits per heavy atom. The zero-order valence-electron chi connectivity index (χ0n) is 15.8. The number of hydrogen-bond donors (Lipinski definition) is 2. The summed E-state index contributed by atoms with van der Waals surface area (Å²) >= 11 is 0. The van der Waals surface area contributed by atoms with E-state index in [2.05, 4.69) is 46.6 Å². The summed E-state index contributed by atoms with van der Waals surface area (Å²) in [5.74, 6) is 0.220. The molecule has 2 atom stereocenters. The lowest BCUT2D eigenvalue weighted by molar-refractivity contribution is 0.1000. The van der Waals surface area contributed by atoms with E-state index < -0.39 is 0 Å². The van der Waals surface area contributed by atoms with Crippen molar-refractivity contribution >= 4 is 5.91 Å². The Hall–Kier alpha value is -2.17. The van der Waals surface area contributed by atoms with E-state index >= 15 is 0 Å². The molecule has 142 valence electrons. The minimum absolute atomic E-state index is 0.332. The molecule has 2 unspecified atom stereocenters. The van der Waals surface area contributed by atoms with Crippen LogP contribution >= 0.6 is 0 Å². The number of piperidine rings is 1. The molecule has 2 fully saturated rings. The van der Waals surface area contributed by atoms with Crippen molar-refractivity contribution in [3.8, 4) is 0 Å². The Kier molecular flexibility index (Phi) is 5.55. The number of hydrogen-bond acceptors (Lipinski definition) is 3. The number of carbonyl (C=O) groups is 1. The van der Waals surface area contributed by atoms with Gasteiger partial charge in [0.1, 0.15) is 0 Å². The largest absolute Gasteiger partial charge is 0.366 e. The van der Waals surface area contributed by atoms with Crippen LogP contribution in [-0.4, -0.2) is 36.0 Å². The van der Waals surface area contributed by atoms with E-state index in [1.165, 1.54) is 36.8 Å². The standard InChI is InChI=1S/C23H29N3O/c24-23(27)19-8-4-7-18(13-19)20-14-21-9-10-22(15-20)26(21)12-11-25-16-17-5-2-1-3-6-17/h1-8,13,20-22,25H,9-12,14-16H2,(H2,24,27). The maximum absolute atomic E-state index is 11.5. The lowest BCUT2D eigenvalue weighted by atomic mass is 9.84. The SMILES string of the molecule is NC(=O)c1cccc(C2CC3CCC(C2)N3CCNCc2ccccc2)c1. The number of fused-ring (bicyclic) bond motifs is 2. The van der Waals surface area contributed by atoms with Crippen LogP contribution in [-0.2, 0) is 6.54 Å². The molecule has 2 aliphatic heterocycles. The highest BCUT2D eigenvalue weighted by molar-refractivity contribution is 5.92. The van der Waals surface area contributed by atoms with Gasteiger partial charge in [-0.15, -0.1) is 0 Å². The normalized spacial score (nSPS) is 24.8. The maximum atomic E-state index is 11.5. The quantitative estimate of drug-likeness (QED) is 0.742. The van der Waals surface area contributed by atoms with Crippen molar-refractivity contribution in [2.75, 3.05) is 13.1 Å². The van der Waals surface area contributed by atoms with Gasteiger partial charge in [0, 0.05) is 37.3 Å². The molecule has 2 heterocycles. The van der Waals surface area contributed by atoms with Crippen LogP contribution in [0.3, 0.4) is 0 Å². The number of nitrogens with one attached hydrogen (secondary N) is 1. The Morgan fingerprint density at radius 2 is 1.78 bits per heavy atom. The number of rotatable bonds is 7. The summed E-state index contributed by atoms with van der Waals surface area (Å²) in [7, 11) is 0. The van der Waals surface area contributed by atoms with E-state index in [0.29, 0.717) is 23.6 Å². The summed E-state index contributed by atoms with van der Waals surface area (Å²) in [6.07, 6.45) is 4.99. The minimum atomic E-state index is -0.332. The molecule has 2 saturated heterocycles. The Morgan fingerprint density at radius 1 is 1.04 bits per heavy atom. The topological polar surface area (TPSA) is 58.4 Å². The summed E-state index contributed by atoms with van der Waals surface area (Å²) in [4.78, 5) is 14.2. The van der Waals surface area contributed by atoms with Gasteiger partial charge in [-0.2, -0.15) is 0 Å². The molecule has 2 aromatic carbocycles. The van der Waals surface area contributed by atoms with Crippen LogP contribution in [0.15, 0.2) is 54.6 Å². The number of carbonyl (C=O) groups excluding carboxylic acids is 1. The Labute approximate surface area is 161 Å². The molecule has 0 saturated carbocycles.